The van der Waals surface area contributed by atoms with E-state index in [9.17, 15) is 0 Å². The topological polar surface area (TPSA) is 34.1 Å². The van der Waals surface area contributed by atoms with Crippen molar-refractivity contribution in [2.24, 2.45) is 5.10 Å². The number of anilines is 1. The van der Waals surface area contributed by atoms with Crippen LogP contribution in [0.25, 0.3) is 0 Å². The van der Waals surface area contributed by atoms with Gasteiger partial charge in [0.15, 0.2) is 0 Å². The molecule has 0 aliphatic carbocycles. The van der Waals surface area contributed by atoms with Gasteiger partial charge in [-0.25, -0.2) is 0 Å². The molecule has 84 valence electrons. The first kappa shape index (κ1) is 9.86. The van der Waals surface area contributed by atoms with Crippen LogP contribution in [-0.4, -0.2) is 5.90 Å². The molecule has 3 rings (SSSR count). The minimum absolute atomic E-state index is 0.453. The number of para-hydroxylation sites is 1. The lowest BCUT2D eigenvalue weighted by atomic mass is 10.2. The van der Waals surface area contributed by atoms with Crippen LogP contribution in [0.15, 0.2) is 65.8 Å². The van der Waals surface area contributed by atoms with Gasteiger partial charge < -0.3 is 0 Å². The molecule has 0 fully saturated rings. The zero-order valence-corrected chi connectivity index (χ0v) is 8.98. The molecular weight excluding hydrogens is 216 g/mol. The van der Waals surface area contributed by atoms with Crippen molar-refractivity contribution in [1.82, 2.24) is 0 Å². The fourth-order valence-corrected chi connectivity index (χ4v) is 1.53. The number of rotatable bonds is 2. The van der Waals surface area contributed by atoms with Crippen molar-refractivity contribution in [2.75, 3.05) is 5.17 Å². The molecule has 4 nitrogen and oxygen atoms in total. The maximum atomic E-state index is 5.08. The second-order valence-electron chi connectivity index (χ2n) is 3.54. The van der Waals surface area contributed by atoms with Gasteiger partial charge in [-0.2, -0.15) is 0 Å². The number of hydrogen-bond donors (Lipinski definition) is 0. The number of nitrogens with zero attached hydrogens (tertiary/aromatic N) is 2. The Morgan fingerprint density at radius 2 is 1.47 bits per heavy atom. The summed E-state index contributed by atoms with van der Waals surface area (Å²) in [4.78, 5) is 10.1. The summed E-state index contributed by atoms with van der Waals surface area (Å²) >= 11 is 0. The molecule has 0 bridgehead atoms. The Morgan fingerprint density at radius 1 is 0.824 bits per heavy atom. The highest BCUT2D eigenvalue weighted by molar-refractivity contribution is 5.94. The maximum Gasteiger partial charge on any atom is 0.285 e. The molecule has 0 amide bonds. The van der Waals surface area contributed by atoms with E-state index in [1.807, 2.05) is 60.7 Å². The molecule has 0 radical (unpaired) electrons. The molecule has 4 heteroatoms. The van der Waals surface area contributed by atoms with Crippen LogP contribution in [0.5, 0.6) is 0 Å². The Bertz CT molecular complexity index is 526. The third-order valence-corrected chi connectivity index (χ3v) is 2.37. The van der Waals surface area contributed by atoms with Crippen LogP contribution in [0, 0.1) is 0 Å². The van der Waals surface area contributed by atoms with E-state index in [4.69, 9.17) is 9.88 Å². The van der Waals surface area contributed by atoms with Gasteiger partial charge in [0, 0.05) is 5.56 Å². The zero-order chi connectivity index (χ0) is 11.5. The van der Waals surface area contributed by atoms with E-state index in [0.717, 1.165) is 11.3 Å². The minimum Gasteiger partial charge on any atom is -0.289 e. The summed E-state index contributed by atoms with van der Waals surface area (Å²) in [6.45, 7) is 0. The van der Waals surface area contributed by atoms with Crippen LogP contribution in [0.3, 0.4) is 0 Å². The second-order valence-corrected chi connectivity index (χ2v) is 3.54. The first-order chi connectivity index (χ1) is 8.43. The van der Waals surface area contributed by atoms with E-state index >= 15 is 0 Å². The van der Waals surface area contributed by atoms with Crippen molar-refractivity contribution >= 4 is 11.6 Å². The molecule has 0 saturated heterocycles. The lowest BCUT2D eigenvalue weighted by molar-refractivity contribution is -0.213. The molecule has 0 saturated carbocycles. The predicted molar refractivity (Wildman–Crippen MR) is 64.1 cm³/mol. The van der Waals surface area contributed by atoms with Crippen molar-refractivity contribution in [2.45, 2.75) is 0 Å². The van der Waals surface area contributed by atoms with Gasteiger partial charge in [0.1, 0.15) is 0 Å². The molecule has 1 aliphatic heterocycles. The van der Waals surface area contributed by atoms with Gasteiger partial charge in [0.05, 0.1) is 5.69 Å². The molecule has 0 unspecified atom stereocenters. The fraction of sp³-hybridized carbons (Fsp3) is 0. The largest absolute Gasteiger partial charge is 0.289 e. The smallest absolute Gasteiger partial charge is 0.285 e. The Labute approximate surface area is 98.6 Å². The lowest BCUT2D eigenvalue weighted by Gasteiger charge is -2.06. The molecule has 1 heterocycles. The number of hydrazone groups is 1. The molecule has 0 spiro atoms. The summed E-state index contributed by atoms with van der Waals surface area (Å²) in [5.41, 5.74) is 1.70. The highest BCUT2D eigenvalue weighted by Gasteiger charge is 2.20. The monoisotopic (exact) mass is 226 g/mol. The summed E-state index contributed by atoms with van der Waals surface area (Å²) in [5, 5.41) is 5.58. The van der Waals surface area contributed by atoms with Gasteiger partial charge >= 0.3 is 0 Å². The van der Waals surface area contributed by atoms with Crippen LogP contribution in [0.4, 0.5) is 5.69 Å². The quantitative estimate of drug-likeness (QED) is 0.738. The SMILES string of the molecule is c1ccc(C2=NN(c3ccccc3)OO2)cc1. The molecule has 0 N–H and O–H groups in total. The van der Waals surface area contributed by atoms with Crippen molar-refractivity contribution in [3.8, 4) is 0 Å². The Balaban J connectivity index is 1.87. The lowest BCUT2D eigenvalue weighted by Crippen LogP contribution is -2.09. The molecule has 0 aromatic heterocycles. The normalized spacial score (nSPS) is 14.4. The van der Waals surface area contributed by atoms with Gasteiger partial charge in [-0.15, -0.1) is 0 Å². The Hall–Kier alpha value is -2.33. The molecule has 2 aromatic carbocycles. The van der Waals surface area contributed by atoms with Crippen molar-refractivity contribution in [3.63, 3.8) is 0 Å². The predicted octanol–water partition coefficient (Wildman–Crippen LogP) is 2.73. The molecule has 17 heavy (non-hydrogen) atoms. The Kier molecular flexibility index (Phi) is 2.48. The van der Waals surface area contributed by atoms with Gasteiger partial charge in [-0.3, -0.25) is 4.89 Å². The summed E-state index contributed by atoms with van der Waals surface area (Å²) < 4.78 is 0. The van der Waals surface area contributed by atoms with Crippen LogP contribution in [0.1, 0.15) is 5.56 Å². The van der Waals surface area contributed by atoms with Gasteiger partial charge in [-0.1, -0.05) is 46.7 Å². The van der Waals surface area contributed by atoms with Crippen LogP contribution < -0.4 is 5.17 Å². The molecular formula is C13H10N2O2. The molecule has 0 atom stereocenters. The molecule has 1 aliphatic rings. The summed E-state index contributed by atoms with van der Waals surface area (Å²) in [6.07, 6.45) is 0. The number of hydrogen-bond acceptors (Lipinski definition) is 4. The van der Waals surface area contributed by atoms with E-state index in [1.54, 1.807) is 0 Å². The first-order valence-corrected chi connectivity index (χ1v) is 5.27. The van der Waals surface area contributed by atoms with E-state index in [2.05, 4.69) is 5.10 Å². The van der Waals surface area contributed by atoms with Crippen molar-refractivity contribution in [1.29, 1.82) is 0 Å². The highest BCUT2D eigenvalue weighted by Crippen LogP contribution is 2.20. The number of benzene rings is 2. The van der Waals surface area contributed by atoms with E-state index in [0.29, 0.717) is 5.90 Å². The van der Waals surface area contributed by atoms with Crippen molar-refractivity contribution < 1.29 is 9.88 Å². The highest BCUT2D eigenvalue weighted by atomic mass is 17.3. The van der Waals surface area contributed by atoms with Gasteiger partial charge in [0.2, 0.25) is 0 Å². The first-order valence-electron chi connectivity index (χ1n) is 5.27. The van der Waals surface area contributed by atoms with E-state index in [1.165, 1.54) is 5.17 Å². The van der Waals surface area contributed by atoms with Gasteiger partial charge in [-0.05, 0) is 29.3 Å². The maximum absolute atomic E-state index is 5.08. The standard InChI is InChI=1S/C13H10N2O2/c1-3-7-11(8-4-1)13-14-15(17-16-13)12-9-5-2-6-10-12/h1-10H. The summed E-state index contributed by atoms with van der Waals surface area (Å²) in [7, 11) is 0. The third kappa shape index (κ3) is 1.98. The average Bonchev–Trinajstić information content (AvgIpc) is 2.90. The van der Waals surface area contributed by atoms with Crippen LogP contribution >= 0.6 is 0 Å². The fourth-order valence-electron chi connectivity index (χ4n) is 1.53. The van der Waals surface area contributed by atoms with Crippen LogP contribution in [-0.2, 0) is 9.88 Å². The van der Waals surface area contributed by atoms with Crippen LogP contribution in [0.2, 0.25) is 0 Å². The third-order valence-electron chi connectivity index (χ3n) is 2.37. The van der Waals surface area contributed by atoms with Crippen molar-refractivity contribution in [3.05, 3.63) is 66.2 Å². The average molecular weight is 226 g/mol. The zero-order valence-electron chi connectivity index (χ0n) is 8.98. The van der Waals surface area contributed by atoms with E-state index in [-0.39, 0.29) is 0 Å². The van der Waals surface area contributed by atoms with E-state index < -0.39 is 0 Å². The Morgan fingerprint density at radius 3 is 2.18 bits per heavy atom. The summed E-state index contributed by atoms with van der Waals surface area (Å²) in [6, 6.07) is 19.1. The summed E-state index contributed by atoms with van der Waals surface area (Å²) in [5.74, 6) is 0.453. The second kappa shape index (κ2) is 4.27. The van der Waals surface area contributed by atoms with Gasteiger partial charge in [0.25, 0.3) is 5.90 Å². The minimum atomic E-state index is 0.453. The molecule has 2 aromatic rings.